The summed E-state index contributed by atoms with van der Waals surface area (Å²) in [7, 11) is 1.38. The molecule has 1 fully saturated rings. The van der Waals surface area contributed by atoms with Crippen LogP contribution in [0.5, 0.6) is 0 Å². The molecule has 1 aliphatic rings. The first-order valence-corrected chi connectivity index (χ1v) is 7.08. The lowest BCUT2D eigenvalue weighted by Crippen LogP contribution is -2.32. The number of hydrogen-bond acceptors (Lipinski definition) is 5. The van der Waals surface area contributed by atoms with E-state index in [0.29, 0.717) is 18.1 Å². The molecule has 1 saturated heterocycles. The van der Waals surface area contributed by atoms with Gasteiger partial charge >= 0.3 is 5.97 Å². The molecule has 1 aliphatic heterocycles. The maximum atomic E-state index is 11.3. The summed E-state index contributed by atoms with van der Waals surface area (Å²) in [5, 5.41) is 3.45. The van der Waals surface area contributed by atoms with Gasteiger partial charge in [-0.25, -0.2) is 4.79 Å². The molecule has 0 bridgehead atoms. The number of thiophene rings is 1. The van der Waals surface area contributed by atoms with Crippen molar-refractivity contribution in [2.75, 3.05) is 20.3 Å². The lowest BCUT2D eigenvalue weighted by atomic mass is 10.2. The molecule has 0 saturated carbocycles. The number of nitrogens with one attached hydrogen (secondary N) is 1. The smallest absolute Gasteiger partial charge is 0.348 e. The average Bonchev–Trinajstić information content (AvgIpc) is 2.99. The van der Waals surface area contributed by atoms with Crippen LogP contribution in [0.3, 0.4) is 0 Å². The van der Waals surface area contributed by atoms with E-state index < -0.39 is 0 Å². The molecule has 1 N–H and O–H groups in total. The molecule has 2 heterocycles. The van der Waals surface area contributed by atoms with E-state index in [4.69, 9.17) is 16.3 Å². The predicted octanol–water partition coefficient (Wildman–Crippen LogP) is 2.02. The van der Waals surface area contributed by atoms with Crippen LogP contribution in [0.4, 0.5) is 0 Å². The van der Waals surface area contributed by atoms with Crippen molar-refractivity contribution in [2.24, 2.45) is 0 Å². The molecule has 0 aromatic carbocycles. The Morgan fingerprint density at radius 3 is 3.11 bits per heavy atom. The molecule has 1 aromatic heterocycles. The Balaban J connectivity index is 1.76. The van der Waals surface area contributed by atoms with E-state index in [1.807, 2.05) is 6.07 Å². The summed E-state index contributed by atoms with van der Waals surface area (Å²) in [4.78, 5) is 12.9. The lowest BCUT2D eigenvalue weighted by Gasteiger charge is -2.13. The van der Waals surface area contributed by atoms with Gasteiger partial charge in [-0.3, -0.25) is 0 Å². The van der Waals surface area contributed by atoms with Gasteiger partial charge in [-0.15, -0.1) is 22.9 Å². The molecule has 2 rings (SSSR count). The van der Waals surface area contributed by atoms with Crippen LogP contribution in [0, 0.1) is 0 Å². The van der Waals surface area contributed by atoms with E-state index in [1.54, 1.807) is 6.07 Å². The second-order valence-electron chi connectivity index (χ2n) is 4.14. The Labute approximate surface area is 115 Å². The van der Waals surface area contributed by atoms with Gasteiger partial charge < -0.3 is 14.8 Å². The minimum atomic E-state index is -0.301. The first-order valence-electron chi connectivity index (χ1n) is 5.83. The molecule has 6 heteroatoms. The number of carbonyl (C=O) groups excluding carboxylic acids is 1. The Morgan fingerprint density at radius 2 is 2.44 bits per heavy atom. The van der Waals surface area contributed by atoms with Gasteiger partial charge in [0, 0.05) is 10.9 Å². The Hall–Kier alpha value is -0.620. The van der Waals surface area contributed by atoms with E-state index in [2.05, 4.69) is 10.1 Å². The van der Waals surface area contributed by atoms with Crippen LogP contribution in [0.25, 0.3) is 0 Å². The summed E-state index contributed by atoms with van der Waals surface area (Å²) in [6.07, 6.45) is 0.987. The van der Waals surface area contributed by atoms with Gasteiger partial charge in [0.15, 0.2) is 0 Å². The molecule has 1 aromatic rings. The van der Waals surface area contributed by atoms with Gasteiger partial charge in [0.1, 0.15) is 4.88 Å². The highest BCUT2D eigenvalue weighted by Gasteiger charge is 2.24. The standard InChI is InChI=1S/C12H16ClNO3S/c1-16-12(15)11-3-2-8(18-11)6-17-7-10-9(13)4-5-14-10/h2-3,9-10,14H,4-7H2,1H3/t9?,10-/m0/s1. The fourth-order valence-corrected chi connectivity index (χ4v) is 2.99. The summed E-state index contributed by atoms with van der Waals surface area (Å²) in [6.45, 7) is 2.05. The summed E-state index contributed by atoms with van der Waals surface area (Å²) in [6, 6.07) is 3.87. The average molecular weight is 290 g/mol. The number of rotatable bonds is 5. The van der Waals surface area contributed by atoms with Gasteiger partial charge in [-0.2, -0.15) is 0 Å². The second-order valence-corrected chi connectivity index (χ2v) is 5.87. The highest BCUT2D eigenvalue weighted by atomic mass is 35.5. The molecule has 0 spiro atoms. The number of methoxy groups -OCH3 is 1. The number of ether oxygens (including phenoxy) is 2. The number of halogens is 1. The van der Waals surface area contributed by atoms with Crippen LogP contribution in [-0.2, 0) is 16.1 Å². The zero-order valence-corrected chi connectivity index (χ0v) is 11.7. The van der Waals surface area contributed by atoms with E-state index in [-0.39, 0.29) is 17.4 Å². The highest BCUT2D eigenvalue weighted by molar-refractivity contribution is 7.13. The van der Waals surface area contributed by atoms with Crippen molar-refractivity contribution in [2.45, 2.75) is 24.4 Å². The molecule has 1 unspecified atom stereocenters. The summed E-state index contributed by atoms with van der Waals surface area (Å²) in [5.41, 5.74) is 0. The van der Waals surface area contributed by atoms with Gasteiger partial charge in [0.25, 0.3) is 0 Å². The first kappa shape index (κ1) is 13.8. The van der Waals surface area contributed by atoms with Crippen LogP contribution in [0.1, 0.15) is 21.0 Å². The van der Waals surface area contributed by atoms with Crippen molar-refractivity contribution in [1.29, 1.82) is 0 Å². The van der Waals surface area contributed by atoms with Crippen LogP contribution in [-0.4, -0.2) is 37.6 Å². The van der Waals surface area contributed by atoms with Crippen LogP contribution >= 0.6 is 22.9 Å². The van der Waals surface area contributed by atoms with E-state index in [1.165, 1.54) is 18.4 Å². The second kappa shape index (κ2) is 6.52. The quantitative estimate of drug-likeness (QED) is 0.665. The van der Waals surface area contributed by atoms with Crippen molar-refractivity contribution in [3.8, 4) is 0 Å². The zero-order chi connectivity index (χ0) is 13.0. The summed E-state index contributed by atoms with van der Waals surface area (Å²) in [5.74, 6) is -0.301. The number of alkyl halides is 1. The SMILES string of the molecule is COC(=O)c1ccc(COC[C@@H]2NCCC2Cl)s1. The van der Waals surface area contributed by atoms with Gasteiger partial charge in [-0.05, 0) is 25.1 Å². The summed E-state index contributed by atoms with van der Waals surface area (Å²) < 4.78 is 10.3. The molecular formula is C12H16ClNO3S. The van der Waals surface area contributed by atoms with Crippen molar-refractivity contribution < 1.29 is 14.3 Å². The third kappa shape index (κ3) is 3.45. The largest absolute Gasteiger partial charge is 0.465 e. The van der Waals surface area contributed by atoms with Crippen LogP contribution in [0.15, 0.2) is 12.1 Å². The molecule has 4 nitrogen and oxygen atoms in total. The fraction of sp³-hybridized carbons (Fsp3) is 0.583. The third-order valence-corrected chi connectivity index (χ3v) is 4.41. The van der Waals surface area contributed by atoms with Crippen molar-refractivity contribution in [3.05, 3.63) is 21.9 Å². The Morgan fingerprint density at radius 1 is 1.61 bits per heavy atom. The minimum absolute atomic E-state index is 0.152. The van der Waals surface area contributed by atoms with E-state index >= 15 is 0 Å². The van der Waals surface area contributed by atoms with E-state index in [0.717, 1.165) is 17.8 Å². The Bertz CT molecular complexity index is 410. The first-order chi connectivity index (χ1) is 8.70. The maximum absolute atomic E-state index is 11.3. The number of esters is 1. The normalized spacial score (nSPS) is 23.2. The molecule has 18 heavy (non-hydrogen) atoms. The van der Waals surface area contributed by atoms with E-state index in [9.17, 15) is 4.79 Å². The van der Waals surface area contributed by atoms with Gasteiger partial charge in [-0.1, -0.05) is 0 Å². The fourth-order valence-electron chi connectivity index (χ4n) is 1.85. The van der Waals surface area contributed by atoms with Crippen LogP contribution in [0.2, 0.25) is 0 Å². The number of carbonyl (C=O) groups is 1. The van der Waals surface area contributed by atoms with Gasteiger partial charge in [0.2, 0.25) is 0 Å². The summed E-state index contributed by atoms with van der Waals surface area (Å²) >= 11 is 7.52. The van der Waals surface area contributed by atoms with Crippen molar-refractivity contribution in [3.63, 3.8) is 0 Å². The minimum Gasteiger partial charge on any atom is -0.465 e. The molecule has 100 valence electrons. The number of hydrogen-bond donors (Lipinski definition) is 1. The molecule has 2 atom stereocenters. The van der Waals surface area contributed by atoms with Crippen LogP contribution < -0.4 is 5.32 Å². The Kier molecular flexibility index (Phi) is 5.00. The third-order valence-electron chi connectivity index (χ3n) is 2.85. The molecule has 0 amide bonds. The molecule has 0 radical (unpaired) electrons. The van der Waals surface area contributed by atoms with Crippen molar-refractivity contribution >= 4 is 28.9 Å². The van der Waals surface area contributed by atoms with Gasteiger partial charge in [0.05, 0.1) is 25.7 Å². The monoisotopic (exact) mass is 289 g/mol. The topological polar surface area (TPSA) is 47.6 Å². The lowest BCUT2D eigenvalue weighted by molar-refractivity contribution is 0.0606. The highest BCUT2D eigenvalue weighted by Crippen LogP contribution is 2.19. The molecular weight excluding hydrogens is 274 g/mol. The predicted molar refractivity (Wildman–Crippen MR) is 71.4 cm³/mol. The zero-order valence-electron chi connectivity index (χ0n) is 10.1. The maximum Gasteiger partial charge on any atom is 0.348 e. The molecule has 0 aliphatic carbocycles. The van der Waals surface area contributed by atoms with Crippen molar-refractivity contribution in [1.82, 2.24) is 5.32 Å².